The molecule has 9 heteroatoms. The predicted molar refractivity (Wildman–Crippen MR) is 110 cm³/mol. The van der Waals surface area contributed by atoms with Crippen molar-refractivity contribution >= 4 is 33.0 Å². The molecule has 0 saturated heterocycles. The van der Waals surface area contributed by atoms with Crippen molar-refractivity contribution in [3.63, 3.8) is 0 Å². The van der Waals surface area contributed by atoms with Gasteiger partial charge in [-0.3, -0.25) is 9.52 Å². The predicted octanol–water partition coefficient (Wildman–Crippen LogP) is 3.55. The van der Waals surface area contributed by atoms with Crippen molar-refractivity contribution in [2.75, 3.05) is 18.6 Å². The van der Waals surface area contributed by atoms with E-state index in [1.807, 2.05) is 12.1 Å². The lowest BCUT2D eigenvalue weighted by Crippen LogP contribution is -2.27. The van der Waals surface area contributed by atoms with Crippen LogP contribution in [0.2, 0.25) is 0 Å². The van der Waals surface area contributed by atoms with Gasteiger partial charge >= 0.3 is 0 Å². The van der Waals surface area contributed by atoms with Crippen LogP contribution in [-0.2, 0) is 16.6 Å². The first-order chi connectivity index (χ1) is 13.9. The Labute approximate surface area is 172 Å². The van der Waals surface area contributed by atoms with Gasteiger partial charge in [0, 0.05) is 13.6 Å². The average molecular weight is 431 g/mol. The Balaban J connectivity index is 1.54. The molecule has 0 unspecified atom stereocenters. The largest absolute Gasteiger partial charge is 0.454 e. The molecular formula is C20H18N2O5S2. The van der Waals surface area contributed by atoms with Gasteiger partial charge in [-0.05, 0) is 41.3 Å². The van der Waals surface area contributed by atoms with E-state index in [1.165, 1.54) is 11.0 Å². The van der Waals surface area contributed by atoms with E-state index in [0.29, 0.717) is 18.0 Å². The summed E-state index contributed by atoms with van der Waals surface area (Å²) in [5.41, 5.74) is 1.39. The Hall–Kier alpha value is -3.04. The van der Waals surface area contributed by atoms with Crippen LogP contribution in [0.25, 0.3) is 0 Å². The molecule has 0 aliphatic carbocycles. The van der Waals surface area contributed by atoms with Crippen LogP contribution in [0.5, 0.6) is 11.5 Å². The number of anilines is 1. The molecule has 0 atom stereocenters. The number of nitrogens with one attached hydrogen (secondary N) is 1. The molecule has 1 amide bonds. The second-order valence-corrected chi connectivity index (χ2v) is 9.29. The lowest BCUT2D eigenvalue weighted by molar-refractivity contribution is 0.0786. The van der Waals surface area contributed by atoms with Crippen LogP contribution in [0.4, 0.5) is 5.69 Å². The number of thiophene rings is 1. The monoisotopic (exact) mass is 430 g/mol. The van der Waals surface area contributed by atoms with Crippen molar-refractivity contribution < 1.29 is 22.7 Å². The van der Waals surface area contributed by atoms with Gasteiger partial charge in [0.15, 0.2) is 11.5 Å². The van der Waals surface area contributed by atoms with Crippen LogP contribution in [0, 0.1) is 0 Å². The molecular weight excluding hydrogens is 412 g/mol. The van der Waals surface area contributed by atoms with Crippen molar-refractivity contribution in [3.05, 3.63) is 71.1 Å². The minimum Gasteiger partial charge on any atom is -0.454 e. The molecule has 0 bridgehead atoms. The second kappa shape index (κ2) is 7.76. The van der Waals surface area contributed by atoms with Crippen LogP contribution in [-0.4, -0.2) is 33.1 Å². The van der Waals surface area contributed by atoms with Gasteiger partial charge in [-0.1, -0.05) is 24.3 Å². The third-order valence-electron chi connectivity index (χ3n) is 4.37. The first kappa shape index (κ1) is 19.3. The topological polar surface area (TPSA) is 84.9 Å². The molecule has 2 heterocycles. The minimum absolute atomic E-state index is 0.186. The van der Waals surface area contributed by atoms with Gasteiger partial charge in [0.2, 0.25) is 6.79 Å². The Morgan fingerprint density at radius 3 is 2.69 bits per heavy atom. The first-order valence-electron chi connectivity index (χ1n) is 8.73. The van der Waals surface area contributed by atoms with Gasteiger partial charge in [-0.2, -0.15) is 0 Å². The zero-order valence-electron chi connectivity index (χ0n) is 15.5. The van der Waals surface area contributed by atoms with Gasteiger partial charge in [-0.25, -0.2) is 8.42 Å². The fraction of sp³-hybridized carbons (Fsp3) is 0.150. The summed E-state index contributed by atoms with van der Waals surface area (Å²) in [6.07, 6.45) is 0. The summed E-state index contributed by atoms with van der Waals surface area (Å²) in [5.74, 6) is 1.02. The van der Waals surface area contributed by atoms with Crippen LogP contribution < -0.4 is 14.2 Å². The van der Waals surface area contributed by atoms with Gasteiger partial charge in [0.25, 0.3) is 15.9 Å². The molecule has 1 N–H and O–H groups in total. The third kappa shape index (κ3) is 4.06. The Morgan fingerprint density at radius 1 is 1.10 bits per heavy atom. The molecule has 0 radical (unpaired) electrons. The van der Waals surface area contributed by atoms with E-state index >= 15 is 0 Å². The maximum absolute atomic E-state index is 13.0. The number of carbonyl (C=O) groups excluding carboxylic acids is 1. The molecule has 150 valence electrons. The highest BCUT2D eigenvalue weighted by molar-refractivity contribution is 7.94. The number of hydrogen-bond donors (Lipinski definition) is 1. The fourth-order valence-electron chi connectivity index (χ4n) is 2.96. The molecule has 0 spiro atoms. The van der Waals surface area contributed by atoms with Crippen molar-refractivity contribution in [2.24, 2.45) is 0 Å². The number of fused-ring (bicyclic) bond motifs is 1. The molecule has 0 fully saturated rings. The molecule has 2 aromatic carbocycles. The van der Waals surface area contributed by atoms with Crippen LogP contribution in [0.1, 0.15) is 15.9 Å². The molecule has 4 rings (SSSR count). The van der Waals surface area contributed by atoms with E-state index < -0.39 is 10.0 Å². The molecule has 1 aliphatic heterocycles. The SMILES string of the molecule is CN(Cc1ccc2c(c1)OCO2)C(=O)c1ccccc1NS(=O)(=O)c1cccs1. The Kier molecular flexibility index (Phi) is 5.16. The number of sulfonamides is 1. The number of nitrogens with zero attached hydrogens (tertiary/aromatic N) is 1. The lowest BCUT2D eigenvalue weighted by Gasteiger charge is -2.19. The number of rotatable bonds is 6. The highest BCUT2D eigenvalue weighted by Gasteiger charge is 2.22. The second-order valence-electron chi connectivity index (χ2n) is 6.43. The van der Waals surface area contributed by atoms with E-state index in [0.717, 1.165) is 16.9 Å². The standard InChI is InChI=1S/C20H18N2O5S2/c1-22(12-14-8-9-17-18(11-14)27-13-26-17)20(23)15-5-2-3-6-16(15)21-29(24,25)19-7-4-10-28-19/h2-11,21H,12-13H2,1H3. The summed E-state index contributed by atoms with van der Waals surface area (Å²) < 4.78 is 38.5. The Morgan fingerprint density at radius 2 is 1.90 bits per heavy atom. The quantitative estimate of drug-likeness (QED) is 0.647. The summed E-state index contributed by atoms with van der Waals surface area (Å²) >= 11 is 1.11. The molecule has 0 saturated carbocycles. The van der Waals surface area contributed by atoms with Gasteiger partial charge in [-0.15, -0.1) is 11.3 Å². The van der Waals surface area contributed by atoms with Crippen LogP contribution in [0.3, 0.4) is 0 Å². The number of para-hydroxylation sites is 1. The maximum atomic E-state index is 13.0. The zero-order valence-corrected chi connectivity index (χ0v) is 17.1. The number of hydrogen-bond acceptors (Lipinski definition) is 6. The Bertz CT molecular complexity index is 1140. The lowest BCUT2D eigenvalue weighted by atomic mass is 10.1. The highest BCUT2D eigenvalue weighted by Crippen LogP contribution is 2.33. The van der Waals surface area contributed by atoms with Crippen molar-refractivity contribution in [1.29, 1.82) is 0 Å². The van der Waals surface area contributed by atoms with Crippen molar-refractivity contribution in [3.8, 4) is 11.5 Å². The maximum Gasteiger partial charge on any atom is 0.271 e. The minimum atomic E-state index is -3.75. The van der Waals surface area contributed by atoms with E-state index in [-0.39, 0.29) is 28.2 Å². The highest BCUT2D eigenvalue weighted by atomic mass is 32.2. The molecule has 3 aromatic rings. The van der Waals surface area contributed by atoms with Crippen molar-refractivity contribution in [2.45, 2.75) is 10.8 Å². The zero-order chi connectivity index (χ0) is 20.4. The van der Waals surface area contributed by atoms with Crippen LogP contribution >= 0.6 is 11.3 Å². The summed E-state index contributed by atoms with van der Waals surface area (Å²) in [4.78, 5) is 14.5. The number of carbonyl (C=O) groups is 1. The summed E-state index contributed by atoms with van der Waals surface area (Å²) in [6, 6.07) is 15.2. The third-order valence-corrected chi connectivity index (χ3v) is 7.13. The smallest absolute Gasteiger partial charge is 0.271 e. The number of amides is 1. The van der Waals surface area contributed by atoms with Crippen LogP contribution in [0.15, 0.2) is 64.2 Å². The fourth-order valence-corrected chi connectivity index (χ4v) is 5.03. The number of ether oxygens (including phenoxy) is 2. The average Bonchev–Trinajstić information content (AvgIpc) is 3.39. The first-order valence-corrected chi connectivity index (χ1v) is 11.1. The van der Waals surface area contributed by atoms with E-state index in [1.54, 1.807) is 48.8 Å². The van der Waals surface area contributed by atoms with Gasteiger partial charge < -0.3 is 14.4 Å². The van der Waals surface area contributed by atoms with Gasteiger partial charge in [0.05, 0.1) is 11.3 Å². The summed E-state index contributed by atoms with van der Waals surface area (Å²) in [7, 11) is -2.09. The van der Waals surface area contributed by atoms with Gasteiger partial charge in [0.1, 0.15) is 4.21 Å². The summed E-state index contributed by atoms with van der Waals surface area (Å²) in [5, 5.41) is 1.69. The van der Waals surface area contributed by atoms with E-state index in [4.69, 9.17) is 9.47 Å². The van der Waals surface area contributed by atoms with E-state index in [9.17, 15) is 13.2 Å². The summed E-state index contributed by atoms with van der Waals surface area (Å²) in [6.45, 7) is 0.521. The van der Waals surface area contributed by atoms with E-state index in [2.05, 4.69) is 4.72 Å². The molecule has 1 aromatic heterocycles. The molecule has 1 aliphatic rings. The molecule has 7 nitrogen and oxygen atoms in total. The number of benzene rings is 2. The molecule has 29 heavy (non-hydrogen) atoms. The normalized spacial score (nSPS) is 12.6. The van der Waals surface area contributed by atoms with Crippen molar-refractivity contribution in [1.82, 2.24) is 4.90 Å².